The number of carboxylic acids is 1. The van der Waals surface area contributed by atoms with Crippen LogP contribution in [0, 0.1) is 12.3 Å². The van der Waals surface area contributed by atoms with Crippen molar-refractivity contribution in [1.29, 1.82) is 0 Å². The second-order valence-corrected chi connectivity index (χ2v) is 7.20. The summed E-state index contributed by atoms with van der Waals surface area (Å²) in [5.74, 6) is -1.11. The number of carboxylic acid groups (broad SMARTS) is 1. The molecule has 2 heterocycles. The molecule has 3 rings (SSSR count). The number of carbonyl (C=O) groups excluding carboxylic acids is 1. The summed E-state index contributed by atoms with van der Waals surface area (Å²) in [6.07, 6.45) is 1.24. The van der Waals surface area contributed by atoms with Gasteiger partial charge in [0, 0.05) is 23.8 Å². The lowest BCUT2D eigenvalue weighted by molar-refractivity contribution is -0.150. The lowest BCUT2D eigenvalue weighted by Gasteiger charge is -2.37. The maximum absolute atomic E-state index is 12.8. The predicted molar refractivity (Wildman–Crippen MR) is 94.2 cm³/mol. The van der Waals surface area contributed by atoms with Gasteiger partial charge in [-0.2, -0.15) is 5.10 Å². The van der Waals surface area contributed by atoms with Gasteiger partial charge in [-0.25, -0.2) is 4.68 Å². The molecule has 25 heavy (non-hydrogen) atoms. The molecule has 132 valence electrons. The van der Waals surface area contributed by atoms with Gasteiger partial charge in [0.2, 0.25) is 0 Å². The molecule has 6 nitrogen and oxygen atoms in total. The Morgan fingerprint density at radius 1 is 1.32 bits per heavy atom. The first kappa shape index (κ1) is 17.5. The molecule has 1 aliphatic heterocycles. The number of piperidine rings is 1. The molecule has 2 aromatic rings. The number of aryl methyl sites for hydroxylation is 1. The van der Waals surface area contributed by atoms with Crippen molar-refractivity contribution in [1.82, 2.24) is 14.7 Å². The highest BCUT2D eigenvalue weighted by molar-refractivity contribution is 6.30. The lowest BCUT2D eigenvalue weighted by Crippen LogP contribution is -2.48. The molecule has 1 atom stereocenters. The van der Waals surface area contributed by atoms with E-state index in [0.717, 1.165) is 11.4 Å². The van der Waals surface area contributed by atoms with E-state index in [1.54, 1.807) is 34.7 Å². The van der Waals surface area contributed by atoms with Crippen molar-refractivity contribution in [3.8, 4) is 5.69 Å². The topological polar surface area (TPSA) is 75.4 Å². The summed E-state index contributed by atoms with van der Waals surface area (Å²) < 4.78 is 1.67. The number of carbonyl (C=O) groups is 2. The zero-order valence-electron chi connectivity index (χ0n) is 14.2. The van der Waals surface area contributed by atoms with Crippen molar-refractivity contribution in [2.24, 2.45) is 5.41 Å². The number of amides is 1. The van der Waals surface area contributed by atoms with Crippen LogP contribution in [0.4, 0.5) is 0 Å². The highest BCUT2D eigenvalue weighted by atomic mass is 35.5. The Balaban J connectivity index is 1.86. The molecule has 1 saturated heterocycles. The summed E-state index contributed by atoms with van der Waals surface area (Å²) in [6.45, 7) is 4.29. The van der Waals surface area contributed by atoms with E-state index in [2.05, 4.69) is 5.10 Å². The molecule has 0 saturated carbocycles. The van der Waals surface area contributed by atoms with Crippen molar-refractivity contribution in [2.75, 3.05) is 13.1 Å². The molecule has 0 aliphatic carbocycles. The van der Waals surface area contributed by atoms with Crippen LogP contribution in [0.5, 0.6) is 0 Å². The number of rotatable bonds is 3. The molecule has 0 radical (unpaired) electrons. The molecule has 1 amide bonds. The van der Waals surface area contributed by atoms with Gasteiger partial charge in [0.1, 0.15) is 0 Å². The summed E-state index contributed by atoms with van der Waals surface area (Å²) in [5.41, 5.74) is 0.993. The fraction of sp³-hybridized carbons (Fsp3) is 0.389. The molecule has 1 N–H and O–H groups in total. The van der Waals surface area contributed by atoms with Crippen molar-refractivity contribution in [2.45, 2.75) is 26.7 Å². The van der Waals surface area contributed by atoms with Crippen LogP contribution in [0.2, 0.25) is 5.02 Å². The van der Waals surface area contributed by atoms with Gasteiger partial charge in [0.05, 0.1) is 11.1 Å². The Hall–Kier alpha value is -2.34. The van der Waals surface area contributed by atoms with Crippen LogP contribution in [0.1, 0.15) is 35.9 Å². The van der Waals surface area contributed by atoms with E-state index in [0.29, 0.717) is 30.1 Å². The fourth-order valence-electron chi connectivity index (χ4n) is 3.20. The van der Waals surface area contributed by atoms with Crippen molar-refractivity contribution in [3.63, 3.8) is 0 Å². The largest absolute Gasteiger partial charge is 0.481 e. The van der Waals surface area contributed by atoms with E-state index in [1.807, 2.05) is 19.1 Å². The van der Waals surface area contributed by atoms with E-state index >= 15 is 0 Å². The average molecular weight is 362 g/mol. The van der Waals surface area contributed by atoms with Crippen LogP contribution in [0.25, 0.3) is 5.69 Å². The summed E-state index contributed by atoms with van der Waals surface area (Å²) in [4.78, 5) is 25.9. The number of aromatic nitrogens is 2. The van der Waals surface area contributed by atoms with Gasteiger partial charge < -0.3 is 10.0 Å². The number of halogens is 1. The third kappa shape index (κ3) is 3.39. The first-order valence-electron chi connectivity index (χ1n) is 8.15. The van der Waals surface area contributed by atoms with Crippen LogP contribution < -0.4 is 0 Å². The normalized spacial score (nSPS) is 20.5. The molecule has 1 unspecified atom stereocenters. The number of likely N-dealkylation sites (tertiary alicyclic amines) is 1. The smallest absolute Gasteiger partial charge is 0.311 e. The van der Waals surface area contributed by atoms with Crippen LogP contribution in [0.3, 0.4) is 0 Å². The van der Waals surface area contributed by atoms with E-state index < -0.39 is 11.4 Å². The maximum atomic E-state index is 12.8. The third-order valence-corrected chi connectivity index (χ3v) is 4.89. The molecule has 1 aromatic heterocycles. The van der Waals surface area contributed by atoms with Gasteiger partial charge in [-0.1, -0.05) is 17.7 Å². The third-order valence-electron chi connectivity index (χ3n) is 4.66. The molecule has 1 aromatic carbocycles. The van der Waals surface area contributed by atoms with E-state index in [1.165, 1.54) is 0 Å². The second-order valence-electron chi connectivity index (χ2n) is 6.76. The summed E-state index contributed by atoms with van der Waals surface area (Å²) in [6, 6.07) is 8.95. The Labute approximate surface area is 151 Å². The first-order valence-corrected chi connectivity index (χ1v) is 8.53. The van der Waals surface area contributed by atoms with Crippen LogP contribution >= 0.6 is 11.6 Å². The zero-order valence-corrected chi connectivity index (χ0v) is 15.0. The number of benzene rings is 1. The average Bonchev–Trinajstić information content (AvgIpc) is 2.96. The molecular formula is C18H20ClN3O3. The quantitative estimate of drug-likeness (QED) is 0.911. The minimum atomic E-state index is -0.904. The minimum absolute atomic E-state index is 0.199. The predicted octanol–water partition coefficient (Wildman–Crippen LogP) is 3.16. The maximum Gasteiger partial charge on any atom is 0.311 e. The van der Waals surface area contributed by atoms with Gasteiger partial charge in [-0.15, -0.1) is 0 Å². The SMILES string of the molecule is Cc1cc(C(=O)N2CCCC(C)(C(=O)O)C2)nn1-c1cccc(Cl)c1. The summed E-state index contributed by atoms with van der Waals surface area (Å²) in [7, 11) is 0. The van der Waals surface area contributed by atoms with E-state index in [4.69, 9.17) is 11.6 Å². The van der Waals surface area contributed by atoms with Gasteiger partial charge in [-0.05, 0) is 51.0 Å². The number of hydrogen-bond acceptors (Lipinski definition) is 3. The van der Waals surface area contributed by atoms with Gasteiger partial charge >= 0.3 is 5.97 Å². The van der Waals surface area contributed by atoms with Crippen molar-refractivity contribution >= 4 is 23.5 Å². The second kappa shape index (κ2) is 6.52. The Morgan fingerprint density at radius 2 is 2.08 bits per heavy atom. The van der Waals surface area contributed by atoms with Crippen LogP contribution in [-0.4, -0.2) is 44.8 Å². The molecular weight excluding hydrogens is 342 g/mol. The van der Waals surface area contributed by atoms with Crippen molar-refractivity contribution < 1.29 is 14.7 Å². The van der Waals surface area contributed by atoms with Gasteiger partial charge in [-0.3, -0.25) is 9.59 Å². The number of aliphatic carboxylic acids is 1. The summed E-state index contributed by atoms with van der Waals surface area (Å²) in [5, 5.41) is 14.4. The highest BCUT2D eigenvalue weighted by Gasteiger charge is 2.40. The highest BCUT2D eigenvalue weighted by Crippen LogP contribution is 2.30. The Kier molecular flexibility index (Phi) is 4.56. The molecule has 7 heteroatoms. The first-order chi connectivity index (χ1) is 11.8. The fourth-order valence-corrected chi connectivity index (χ4v) is 3.38. The van der Waals surface area contributed by atoms with Crippen LogP contribution in [-0.2, 0) is 4.79 Å². The standard InChI is InChI=1S/C18H20ClN3O3/c1-12-9-15(20-22(12)14-6-3-5-13(19)10-14)16(23)21-8-4-7-18(2,11-21)17(24)25/h3,5-6,9-10H,4,7-8,11H2,1-2H3,(H,24,25). The van der Waals surface area contributed by atoms with E-state index in [-0.39, 0.29) is 12.5 Å². The molecule has 1 fully saturated rings. The molecule has 0 spiro atoms. The van der Waals surface area contributed by atoms with Gasteiger partial charge in [0.25, 0.3) is 5.91 Å². The zero-order chi connectivity index (χ0) is 18.2. The van der Waals surface area contributed by atoms with Gasteiger partial charge in [0.15, 0.2) is 5.69 Å². The molecule has 0 bridgehead atoms. The minimum Gasteiger partial charge on any atom is -0.481 e. The monoisotopic (exact) mass is 361 g/mol. The number of hydrogen-bond donors (Lipinski definition) is 1. The Morgan fingerprint density at radius 3 is 2.76 bits per heavy atom. The van der Waals surface area contributed by atoms with E-state index in [9.17, 15) is 14.7 Å². The van der Waals surface area contributed by atoms with Crippen molar-refractivity contribution in [3.05, 3.63) is 46.7 Å². The Bertz CT molecular complexity index is 833. The number of nitrogens with zero attached hydrogens (tertiary/aromatic N) is 3. The van der Waals surface area contributed by atoms with Crippen LogP contribution in [0.15, 0.2) is 30.3 Å². The summed E-state index contributed by atoms with van der Waals surface area (Å²) >= 11 is 6.03. The lowest BCUT2D eigenvalue weighted by atomic mass is 9.82. The molecule has 1 aliphatic rings.